The number of carbonyl (C=O) groups excluding carboxylic acids is 2. The molecular weight excluding hydrogens is 583 g/mol. The van der Waals surface area contributed by atoms with Gasteiger partial charge in [0.2, 0.25) is 11.0 Å². The minimum atomic E-state index is -4.79. The molecule has 0 radical (unpaired) electrons. The molecule has 0 aliphatic rings. The molecular formula is C34H43O9P. The predicted molar refractivity (Wildman–Crippen MR) is 171 cm³/mol. The summed E-state index contributed by atoms with van der Waals surface area (Å²) in [5.41, 5.74) is -2.20. The van der Waals surface area contributed by atoms with E-state index in [2.05, 4.69) is 13.8 Å². The van der Waals surface area contributed by atoms with Crippen molar-refractivity contribution in [2.45, 2.75) is 52.4 Å². The van der Waals surface area contributed by atoms with Gasteiger partial charge in [0, 0.05) is 6.07 Å². The molecule has 0 aromatic heterocycles. The van der Waals surface area contributed by atoms with Crippen molar-refractivity contribution in [1.29, 1.82) is 0 Å². The maximum atomic E-state index is 15.6. The van der Waals surface area contributed by atoms with Gasteiger partial charge in [0.05, 0.1) is 47.0 Å². The molecule has 0 saturated heterocycles. The van der Waals surface area contributed by atoms with Crippen molar-refractivity contribution in [1.82, 2.24) is 0 Å². The van der Waals surface area contributed by atoms with Gasteiger partial charge in [-0.05, 0) is 49.2 Å². The third kappa shape index (κ3) is 7.56. The molecule has 0 unspecified atom stereocenters. The number of hydrogen-bond donors (Lipinski definition) is 0. The van der Waals surface area contributed by atoms with Crippen molar-refractivity contribution in [2.75, 3.05) is 41.7 Å². The van der Waals surface area contributed by atoms with Gasteiger partial charge < -0.3 is 33.0 Å². The van der Waals surface area contributed by atoms with Crippen LogP contribution in [0.25, 0.3) is 0 Å². The van der Waals surface area contributed by atoms with Gasteiger partial charge in [-0.3, -0.25) is 9.59 Å². The van der Waals surface area contributed by atoms with Crippen LogP contribution in [-0.4, -0.2) is 52.7 Å². The first-order valence-electron chi connectivity index (χ1n) is 14.8. The third-order valence-corrected chi connectivity index (χ3v) is 9.79. The van der Waals surface area contributed by atoms with E-state index < -0.39 is 18.2 Å². The van der Waals surface area contributed by atoms with E-state index >= 15 is 4.57 Å². The monoisotopic (exact) mass is 626 g/mol. The van der Waals surface area contributed by atoms with Gasteiger partial charge in [-0.2, -0.15) is 0 Å². The number of ether oxygens (including phenoxy) is 6. The summed E-state index contributed by atoms with van der Waals surface area (Å²) >= 11 is 0. The molecule has 0 heterocycles. The average molecular weight is 627 g/mol. The molecule has 0 atom stereocenters. The van der Waals surface area contributed by atoms with Crippen molar-refractivity contribution in [2.24, 2.45) is 0 Å². The smallest absolute Gasteiger partial charge is 0.252 e. The van der Waals surface area contributed by atoms with Crippen molar-refractivity contribution in [3.8, 4) is 34.5 Å². The Hall–Kier alpha value is -3.97. The zero-order valence-corrected chi connectivity index (χ0v) is 27.4. The largest absolute Gasteiger partial charge is 0.496 e. The molecule has 9 nitrogen and oxygen atoms in total. The first-order chi connectivity index (χ1) is 21.3. The molecule has 44 heavy (non-hydrogen) atoms. The van der Waals surface area contributed by atoms with Crippen LogP contribution >= 0.6 is 7.14 Å². The van der Waals surface area contributed by atoms with Gasteiger partial charge in [-0.25, -0.2) is 0 Å². The Balaban J connectivity index is 2.33. The van der Waals surface area contributed by atoms with Crippen LogP contribution in [0, 0.1) is 0 Å². The van der Waals surface area contributed by atoms with Crippen LogP contribution in [0.4, 0.5) is 0 Å². The van der Waals surface area contributed by atoms with Gasteiger partial charge in [-0.1, -0.05) is 51.7 Å². The highest BCUT2D eigenvalue weighted by atomic mass is 31.2. The first kappa shape index (κ1) is 34.5. The van der Waals surface area contributed by atoms with E-state index in [9.17, 15) is 9.59 Å². The lowest BCUT2D eigenvalue weighted by atomic mass is 10.2. The highest BCUT2D eigenvalue weighted by Crippen LogP contribution is 2.57. The Bertz CT molecular complexity index is 1350. The number of unbranched alkanes of at least 4 members (excludes halogenated alkanes) is 4. The normalized spacial score (nSPS) is 11.0. The van der Waals surface area contributed by atoms with E-state index in [1.165, 1.54) is 34.5 Å². The molecule has 0 saturated carbocycles. The molecule has 3 rings (SSSR count). The Morgan fingerprint density at radius 3 is 1.43 bits per heavy atom. The summed E-state index contributed by atoms with van der Waals surface area (Å²) in [7, 11) is 0.748. The van der Waals surface area contributed by atoms with Crippen LogP contribution in [-0.2, 0) is 4.57 Å². The number of rotatable bonds is 19. The summed E-state index contributed by atoms with van der Waals surface area (Å²) in [4.78, 5) is 29.4. The van der Waals surface area contributed by atoms with Crippen molar-refractivity contribution < 1.29 is 42.6 Å². The lowest BCUT2D eigenvalue weighted by Crippen LogP contribution is -2.24. The maximum absolute atomic E-state index is 15.6. The SMILES string of the molecule is CCCCCOc1ccc(P(=O)(C(=O)c2c(OC)cccc2OC)C(=O)c2c(OC)cccc2OC)c(OCCCCC)c1. The van der Waals surface area contributed by atoms with E-state index in [4.69, 9.17) is 28.4 Å². The van der Waals surface area contributed by atoms with Crippen LogP contribution in [0.5, 0.6) is 34.5 Å². The summed E-state index contributed by atoms with van der Waals surface area (Å²) in [5.74, 6) is 1.03. The maximum Gasteiger partial charge on any atom is 0.252 e. The van der Waals surface area contributed by atoms with Gasteiger partial charge in [-0.15, -0.1) is 0 Å². The summed E-state index contributed by atoms with van der Waals surface area (Å²) in [6.07, 6.45) is 5.52. The summed E-state index contributed by atoms with van der Waals surface area (Å²) in [6.45, 7) is 4.95. The first-order valence-corrected chi connectivity index (χ1v) is 16.5. The van der Waals surface area contributed by atoms with Gasteiger partial charge in [0.25, 0.3) is 7.14 Å². The Morgan fingerprint density at radius 2 is 1.02 bits per heavy atom. The quantitative estimate of drug-likeness (QED) is 0.0986. The Kier molecular flexibility index (Phi) is 13.2. The second-order valence-corrected chi connectivity index (χ2v) is 12.5. The van der Waals surface area contributed by atoms with Crippen LogP contribution in [0.2, 0.25) is 0 Å². The molecule has 10 heteroatoms. The average Bonchev–Trinajstić information content (AvgIpc) is 3.06. The lowest BCUT2D eigenvalue weighted by Gasteiger charge is -2.23. The van der Waals surface area contributed by atoms with E-state index in [0.717, 1.165) is 38.5 Å². The summed E-state index contributed by atoms with van der Waals surface area (Å²) in [5, 5.41) is -0.0641. The number of hydrogen-bond acceptors (Lipinski definition) is 9. The molecule has 0 spiro atoms. The van der Waals surface area contributed by atoms with Crippen LogP contribution in [0.15, 0.2) is 54.6 Å². The van der Waals surface area contributed by atoms with Crippen LogP contribution in [0.1, 0.15) is 73.1 Å². The molecule has 0 aliphatic heterocycles. The standard InChI is InChI=1S/C34H43O9P/c1-7-9-11-21-42-24-19-20-30(29(23-24)43-22-12-10-8-2)44(37,33(35)31-25(38-3)15-13-16-26(31)39-4)34(36)32-27(40-5)17-14-18-28(32)41-6/h13-20,23H,7-12,21-22H2,1-6H3. The molecule has 0 aliphatic carbocycles. The predicted octanol–water partition coefficient (Wildman–Crippen LogP) is 7.53. The van der Waals surface area contributed by atoms with Crippen molar-refractivity contribution in [3.63, 3.8) is 0 Å². The molecule has 0 bridgehead atoms. The molecule has 0 amide bonds. The Labute approximate surface area is 260 Å². The minimum absolute atomic E-state index is 0.0641. The van der Waals surface area contributed by atoms with Gasteiger partial charge >= 0.3 is 0 Å². The fraction of sp³-hybridized carbons (Fsp3) is 0.412. The van der Waals surface area contributed by atoms with E-state index in [0.29, 0.717) is 19.0 Å². The number of carbonyl (C=O) groups is 2. The van der Waals surface area contributed by atoms with Crippen molar-refractivity contribution in [3.05, 3.63) is 65.7 Å². The second-order valence-electron chi connectivity index (χ2n) is 10.0. The number of methoxy groups -OCH3 is 4. The third-order valence-electron chi connectivity index (χ3n) is 7.15. The fourth-order valence-corrected chi connectivity index (χ4v) is 7.20. The second kappa shape index (κ2) is 16.8. The van der Waals surface area contributed by atoms with Gasteiger partial charge in [0.15, 0.2) is 0 Å². The topological polar surface area (TPSA) is 107 Å². The van der Waals surface area contributed by atoms with E-state index in [-0.39, 0.29) is 45.2 Å². The van der Waals surface area contributed by atoms with E-state index in [1.807, 2.05) is 0 Å². The summed E-state index contributed by atoms with van der Waals surface area (Å²) < 4.78 is 49.6. The van der Waals surface area contributed by atoms with Crippen LogP contribution in [0.3, 0.4) is 0 Å². The Morgan fingerprint density at radius 1 is 0.591 bits per heavy atom. The zero-order chi connectivity index (χ0) is 32.1. The minimum Gasteiger partial charge on any atom is -0.496 e. The lowest BCUT2D eigenvalue weighted by molar-refractivity contribution is 0.103. The molecule has 0 fully saturated rings. The number of benzene rings is 3. The summed E-state index contributed by atoms with van der Waals surface area (Å²) in [6, 6.07) is 14.1. The van der Waals surface area contributed by atoms with Crippen LogP contribution < -0.4 is 33.7 Å². The molecule has 3 aromatic rings. The molecule has 0 N–H and O–H groups in total. The zero-order valence-electron chi connectivity index (χ0n) is 26.5. The molecule has 238 valence electrons. The van der Waals surface area contributed by atoms with Gasteiger partial charge in [0.1, 0.15) is 45.6 Å². The fourth-order valence-electron chi connectivity index (χ4n) is 4.79. The highest BCUT2D eigenvalue weighted by Gasteiger charge is 2.48. The highest BCUT2D eigenvalue weighted by molar-refractivity contribution is 8.01. The van der Waals surface area contributed by atoms with Crippen molar-refractivity contribution >= 4 is 23.5 Å². The molecule has 3 aromatic carbocycles. The van der Waals surface area contributed by atoms with E-state index in [1.54, 1.807) is 48.5 Å².